The fourth-order valence-electron chi connectivity index (χ4n) is 1.72. The zero-order valence-electron chi connectivity index (χ0n) is 11.3. The highest BCUT2D eigenvalue weighted by atomic mass is 16.6. The number of para-hydroxylation sites is 1. The number of benzene rings is 2. The summed E-state index contributed by atoms with van der Waals surface area (Å²) < 4.78 is 0. The second-order valence-electron chi connectivity index (χ2n) is 4.47. The van der Waals surface area contributed by atoms with Gasteiger partial charge >= 0.3 is 0 Å². The number of rotatable bonds is 2. The molecule has 0 unspecified atom stereocenters. The van der Waals surface area contributed by atoms with E-state index in [0.29, 0.717) is 5.56 Å². The lowest BCUT2D eigenvalue weighted by Crippen LogP contribution is -2.07. The molecule has 0 aliphatic rings. The molecule has 0 aliphatic heterocycles. The SMILES string of the molecule is CN(C)c1ccc(C#Cc2ccccc2[N+](=O)[O-])cc1. The Morgan fingerprint density at radius 1 is 1.00 bits per heavy atom. The average molecular weight is 266 g/mol. The van der Waals surface area contributed by atoms with Crippen LogP contribution in [-0.2, 0) is 0 Å². The molecule has 2 rings (SSSR count). The molecule has 0 saturated heterocycles. The zero-order chi connectivity index (χ0) is 14.5. The van der Waals surface area contributed by atoms with Crippen molar-refractivity contribution in [1.29, 1.82) is 0 Å². The maximum Gasteiger partial charge on any atom is 0.284 e. The first-order valence-electron chi connectivity index (χ1n) is 6.11. The van der Waals surface area contributed by atoms with Gasteiger partial charge in [0.2, 0.25) is 0 Å². The smallest absolute Gasteiger partial charge is 0.284 e. The molecule has 0 aliphatic carbocycles. The first kappa shape index (κ1) is 13.6. The summed E-state index contributed by atoms with van der Waals surface area (Å²) in [6.45, 7) is 0. The third-order valence-corrected chi connectivity index (χ3v) is 2.83. The number of hydrogen-bond acceptors (Lipinski definition) is 3. The van der Waals surface area contributed by atoms with Gasteiger partial charge in [-0.05, 0) is 30.3 Å². The van der Waals surface area contributed by atoms with E-state index in [2.05, 4.69) is 11.8 Å². The van der Waals surface area contributed by atoms with Crippen LogP contribution in [0.25, 0.3) is 0 Å². The second-order valence-corrected chi connectivity index (χ2v) is 4.47. The third kappa shape index (κ3) is 3.15. The van der Waals surface area contributed by atoms with E-state index >= 15 is 0 Å². The molecule has 0 N–H and O–H groups in total. The predicted molar refractivity (Wildman–Crippen MR) is 79.8 cm³/mol. The minimum atomic E-state index is -0.418. The zero-order valence-corrected chi connectivity index (χ0v) is 11.3. The van der Waals surface area contributed by atoms with Gasteiger partial charge in [0.1, 0.15) is 5.56 Å². The molecule has 20 heavy (non-hydrogen) atoms. The van der Waals surface area contributed by atoms with Crippen molar-refractivity contribution >= 4 is 11.4 Å². The molecule has 0 heterocycles. The number of anilines is 1. The number of nitrogens with zero attached hydrogens (tertiary/aromatic N) is 2. The van der Waals surface area contributed by atoms with Crippen LogP contribution in [0.5, 0.6) is 0 Å². The Morgan fingerprint density at radius 3 is 2.25 bits per heavy atom. The van der Waals surface area contributed by atoms with Crippen LogP contribution in [0.2, 0.25) is 0 Å². The van der Waals surface area contributed by atoms with Crippen molar-refractivity contribution in [2.75, 3.05) is 19.0 Å². The van der Waals surface area contributed by atoms with Crippen LogP contribution >= 0.6 is 0 Å². The normalized spacial score (nSPS) is 9.50. The summed E-state index contributed by atoms with van der Waals surface area (Å²) in [7, 11) is 3.93. The first-order valence-corrected chi connectivity index (χ1v) is 6.11. The molecule has 0 saturated carbocycles. The van der Waals surface area contributed by atoms with E-state index in [-0.39, 0.29) is 5.69 Å². The lowest BCUT2D eigenvalue weighted by Gasteiger charge is -2.11. The maximum absolute atomic E-state index is 10.9. The van der Waals surface area contributed by atoms with Crippen molar-refractivity contribution in [3.63, 3.8) is 0 Å². The molecule has 0 amide bonds. The van der Waals surface area contributed by atoms with Gasteiger partial charge < -0.3 is 4.90 Å². The van der Waals surface area contributed by atoms with Gasteiger partial charge in [-0.15, -0.1) is 0 Å². The van der Waals surface area contributed by atoms with Crippen LogP contribution in [-0.4, -0.2) is 19.0 Å². The summed E-state index contributed by atoms with van der Waals surface area (Å²) >= 11 is 0. The number of nitro groups is 1. The summed E-state index contributed by atoms with van der Waals surface area (Å²) in [6, 6.07) is 14.2. The van der Waals surface area contributed by atoms with E-state index in [1.54, 1.807) is 18.2 Å². The summed E-state index contributed by atoms with van der Waals surface area (Å²) in [6.07, 6.45) is 0. The molecule has 4 heteroatoms. The van der Waals surface area contributed by atoms with Gasteiger partial charge in [0.05, 0.1) is 4.92 Å². The molecule has 0 spiro atoms. The average Bonchev–Trinajstić information content (AvgIpc) is 2.45. The first-order chi connectivity index (χ1) is 9.58. The van der Waals surface area contributed by atoms with Gasteiger partial charge in [-0.2, -0.15) is 0 Å². The number of nitro benzene ring substituents is 1. The Hall–Kier alpha value is -2.80. The van der Waals surface area contributed by atoms with Crippen LogP contribution < -0.4 is 4.90 Å². The van der Waals surface area contributed by atoms with E-state index in [1.807, 2.05) is 43.3 Å². The van der Waals surface area contributed by atoms with Crippen molar-refractivity contribution in [2.45, 2.75) is 0 Å². The highest BCUT2D eigenvalue weighted by Crippen LogP contribution is 2.16. The Balaban J connectivity index is 2.29. The van der Waals surface area contributed by atoms with Gasteiger partial charge in [-0.25, -0.2) is 0 Å². The van der Waals surface area contributed by atoms with Gasteiger partial charge in [-0.1, -0.05) is 24.0 Å². The van der Waals surface area contributed by atoms with Crippen LogP contribution in [0.15, 0.2) is 48.5 Å². The Labute approximate surface area is 117 Å². The quantitative estimate of drug-likeness (QED) is 0.477. The van der Waals surface area contributed by atoms with Crippen LogP contribution in [0.1, 0.15) is 11.1 Å². The van der Waals surface area contributed by atoms with Crippen molar-refractivity contribution in [2.24, 2.45) is 0 Å². The Morgan fingerprint density at radius 2 is 1.65 bits per heavy atom. The van der Waals surface area contributed by atoms with Gasteiger partial charge in [-0.3, -0.25) is 10.1 Å². The predicted octanol–water partition coefficient (Wildman–Crippen LogP) is 3.06. The van der Waals surface area contributed by atoms with Crippen molar-refractivity contribution in [3.8, 4) is 11.8 Å². The fraction of sp³-hybridized carbons (Fsp3) is 0.125. The van der Waals surface area contributed by atoms with Gasteiger partial charge in [0.15, 0.2) is 0 Å². The van der Waals surface area contributed by atoms with Crippen LogP contribution in [0.3, 0.4) is 0 Å². The van der Waals surface area contributed by atoms with E-state index in [0.717, 1.165) is 11.3 Å². The molecule has 0 aromatic heterocycles. The molecular formula is C16H14N2O2. The van der Waals surface area contributed by atoms with Crippen molar-refractivity contribution in [1.82, 2.24) is 0 Å². The molecule has 0 bridgehead atoms. The van der Waals surface area contributed by atoms with Crippen molar-refractivity contribution in [3.05, 3.63) is 69.8 Å². The molecule has 4 nitrogen and oxygen atoms in total. The van der Waals surface area contributed by atoms with E-state index in [9.17, 15) is 10.1 Å². The Kier molecular flexibility index (Phi) is 4.02. The van der Waals surface area contributed by atoms with Crippen molar-refractivity contribution < 1.29 is 4.92 Å². The van der Waals surface area contributed by atoms with E-state index in [4.69, 9.17) is 0 Å². The second kappa shape index (κ2) is 5.89. The highest BCUT2D eigenvalue weighted by molar-refractivity contribution is 5.55. The number of hydrogen-bond donors (Lipinski definition) is 0. The lowest BCUT2D eigenvalue weighted by molar-refractivity contribution is -0.385. The molecule has 2 aromatic rings. The highest BCUT2D eigenvalue weighted by Gasteiger charge is 2.09. The van der Waals surface area contributed by atoms with E-state index < -0.39 is 4.92 Å². The molecule has 100 valence electrons. The van der Waals surface area contributed by atoms with Crippen LogP contribution in [0.4, 0.5) is 11.4 Å². The standard InChI is InChI=1S/C16H14N2O2/c1-17(2)15-11-8-13(9-12-15)7-10-14-5-3-4-6-16(14)18(19)20/h3-6,8-9,11-12H,1-2H3. The maximum atomic E-state index is 10.9. The third-order valence-electron chi connectivity index (χ3n) is 2.83. The van der Waals surface area contributed by atoms with Crippen LogP contribution in [0, 0.1) is 22.0 Å². The fourth-order valence-corrected chi connectivity index (χ4v) is 1.72. The van der Waals surface area contributed by atoms with Gasteiger partial charge in [0, 0.05) is 31.4 Å². The lowest BCUT2D eigenvalue weighted by atomic mass is 10.1. The topological polar surface area (TPSA) is 46.4 Å². The molecule has 0 radical (unpaired) electrons. The Bertz CT molecular complexity index is 680. The summed E-state index contributed by atoms with van der Waals surface area (Å²) in [5, 5.41) is 10.9. The summed E-state index contributed by atoms with van der Waals surface area (Å²) in [4.78, 5) is 12.5. The molecule has 0 atom stereocenters. The summed E-state index contributed by atoms with van der Waals surface area (Å²) in [5.74, 6) is 5.80. The minimum Gasteiger partial charge on any atom is -0.378 e. The summed E-state index contributed by atoms with van der Waals surface area (Å²) in [5.41, 5.74) is 2.37. The molecule has 0 fully saturated rings. The largest absolute Gasteiger partial charge is 0.378 e. The molecule has 2 aromatic carbocycles. The van der Waals surface area contributed by atoms with Gasteiger partial charge in [0.25, 0.3) is 5.69 Å². The minimum absolute atomic E-state index is 0.0323. The van der Waals surface area contributed by atoms with E-state index in [1.165, 1.54) is 6.07 Å². The monoisotopic (exact) mass is 266 g/mol. The molecular weight excluding hydrogens is 252 g/mol.